The van der Waals surface area contributed by atoms with Gasteiger partial charge in [0, 0.05) is 63.8 Å². The Hall–Kier alpha value is -1.81. The molecule has 3 heterocycles. The SMILES string of the molecule is [B]c1cc(N2CCC(C3CCN(c4nc(N(C)C)ns4)CC3)CC2)ccc1S(C)(=O)=O. The number of aromatic nitrogens is 2. The molecule has 10 heteroatoms. The van der Waals surface area contributed by atoms with Crippen molar-refractivity contribution in [2.45, 2.75) is 30.6 Å². The minimum absolute atomic E-state index is 0.214. The van der Waals surface area contributed by atoms with Crippen LogP contribution in [0.15, 0.2) is 23.1 Å². The molecule has 4 rings (SSSR count). The van der Waals surface area contributed by atoms with E-state index in [0.717, 1.165) is 54.8 Å². The van der Waals surface area contributed by atoms with Crippen LogP contribution in [0.25, 0.3) is 0 Å². The zero-order valence-electron chi connectivity index (χ0n) is 18.5. The van der Waals surface area contributed by atoms with Crippen molar-refractivity contribution in [1.29, 1.82) is 0 Å². The number of hydrogen-bond acceptors (Lipinski definition) is 8. The second kappa shape index (κ2) is 8.98. The maximum atomic E-state index is 11.8. The number of benzene rings is 1. The van der Waals surface area contributed by atoms with Crippen molar-refractivity contribution in [3.63, 3.8) is 0 Å². The van der Waals surface area contributed by atoms with Gasteiger partial charge in [-0.05, 0) is 55.7 Å². The maximum absolute atomic E-state index is 11.8. The normalized spacial score (nSPS) is 19.1. The Labute approximate surface area is 190 Å². The molecule has 2 aliphatic rings. The summed E-state index contributed by atoms with van der Waals surface area (Å²) in [4.78, 5) is 11.5. The van der Waals surface area contributed by atoms with Crippen LogP contribution in [0.5, 0.6) is 0 Å². The van der Waals surface area contributed by atoms with Gasteiger partial charge in [-0.2, -0.15) is 9.36 Å². The highest BCUT2D eigenvalue weighted by atomic mass is 32.2. The predicted molar refractivity (Wildman–Crippen MR) is 129 cm³/mol. The third kappa shape index (κ3) is 5.00. The van der Waals surface area contributed by atoms with Gasteiger partial charge in [-0.1, -0.05) is 5.46 Å². The number of piperidine rings is 2. The lowest BCUT2D eigenvalue weighted by Crippen LogP contribution is -2.41. The molecule has 0 atom stereocenters. The van der Waals surface area contributed by atoms with E-state index >= 15 is 0 Å². The van der Waals surface area contributed by atoms with Gasteiger partial charge >= 0.3 is 0 Å². The van der Waals surface area contributed by atoms with Crippen LogP contribution >= 0.6 is 11.5 Å². The highest BCUT2D eigenvalue weighted by molar-refractivity contribution is 7.91. The van der Waals surface area contributed by atoms with Gasteiger partial charge in [-0.3, -0.25) is 0 Å². The van der Waals surface area contributed by atoms with Crippen LogP contribution in [0.1, 0.15) is 25.7 Å². The van der Waals surface area contributed by atoms with Crippen molar-refractivity contribution in [1.82, 2.24) is 9.36 Å². The van der Waals surface area contributed by atoms with E-state index in [-0.39, 0.29) is 4.90 Å². The Morgan fingerprint density at radius 1 is 1.03 bits per heavy atom. The smallest absolute Gasteiger partial charge is 0.238 e. The second-order valence-corrected chi connectivity index (χ2v) is 11.6. The molecule has 1 aromatic heterocycles. The molecule has 31 heavy (non-hydrogen) atoms. The van der Waals surface area contributed by atoms with E-state index < -0.39 is 9.84 Å². The number of anilines is 3. The number of sulfone groups is 1. The van der Waals surface area contributed by atoms with Crippen molar-refractivity contribution in [3.8, 4) is 0 Å². The summed E-state index contributed by atoms with van der Waals surface area (Å²) in [5, 5.41) is 1.03. The first kappa shape index (κ1) is 22.4. The van der Waals surface area contributed by atoms with E-state index in [1.807, 2.05) is 25.1 Å². The van der Waals surface area contributed by atoms with E-state index in [2.05, 4.69) is 19.2 Å². The summed E-state index contributed by atoms with van der Waals surface area (Å²) in [6, 6.07) is 5.33. The molecule has 2 aromatic rings. The molecule has 0 N–H and O–H groups in total. The summed E-state index contributed by atoms with van der Waals surface area (Å²) >= 11 is 1.49. The van der Waals surface area contributed by atoms with Crippen LogP contribution in [-0.4, -0.2) is 72.2 Å². The predicted octanol–water partition coefficient (Wildman–Crippen LogP) is 1.93. The zero-order valence-corrected chi connectivity index (χ0v) is 20.1. The van der Waals surface area contributed by atoms with Gasteiger partial charge < -0.3 is 14.7 Å². The van der Waals surface area contributed by atoms with Crippen molar-refractivity contribution in [2.24, 2.45) is 11.8 Å². The molecule has 0 spiro atoms. The van der Waals surface area contributed by atoms with E-state index in [1.165, 1.54) is 43.5 Å². The van der Waals surface area contributed by atoms with Crippen molar-refractivity contribution >= 4 is 51.4 Å². The van der Waals surface area contributed by atoms with Gasteiger partial charge in [-0.25, -0.2) is 8.42 Å². The Balaban J connectivity index is 1.30. The van der Waals surface area contributed by atoms with Crippen LogP contribution in [0, 0.1) is 11.8 Å². The zero-order chi connectivity index (χ0) is 22.2. The monoisotopic (exact) mass is 459 g/mol. The first-order chi connectivity index (χ1) is 14.7. The third-order valence-electron chi connectivity index (χ3n) is 6.58. The number of hydrogen-bond donors (Lipinski definition) is 0. The average Bonchev–Trinajstić information content (AvgIpc) is 3.24. The number of nitrogens with zero attached hydrogens (tertiary/aromatic N) is 5. The summed E-state index contributed by atoms with van der Waals surface area (Å²) in [5.41, 5.74) is 1.36. The number of rotatable bonds is 5. The van der Waals surface area contributed by atoms with Crippen LogP contribution in [0.4, 0.5) is 16.8 Å². The lowest BCUT2D eigenvalue weighted by molar-refractivity contribution is 0.233. The van der Waals surface area contributed by atoms with Crippen molar-refractivity contribution in [3.05, 3.63) is 18.2 Å². The van der Waals surface area contributed by atoms with Gasteiger partial charge in [0.1, 0.15) is 7.85 Å². The molecule has 0 saturated carbocycles. The van der Waals surface area contributed by atoms with Crippen LogP contribution in [-0.2, 0) is 9.84 Å². The molecular formula is C21H30BN5O2S2. The van der Waals surface area contributed by atoms with E-state index in [9.17, 15) is 8.42 Å². The molecule has 1 aromatic carbocycles. The van der Waals surface area contributed by atoms with Gasteiger partial charge in [0.2, 0.25) is 11.1 Å². The fraction of sp³-hybridized carbons (Fsp3) is 0.619. The fourth-order valence-corrected chi connectivity index (χ4v) is 6.37. The first-order valence-electron chi connectivity index (χ1n) is 10.8. The third-order valence-corrected chi connectivity index (χ3v) is 8.52. The van der Waals surface area contributed by atoms with E-state index in [1.54, 1.807) is 12.1 Å². The van der Waals surface area contributed by atoms with Crippen LogP contribution in [0.3, 0.4) is 0 Å². The lowest BCUT2D eigenvalue weighted by atomic mass is 9.78. The molecule has 2 saturated heterocycles. The van der Waals surface area contributed by atoms with Gasteiger partial charge in [0.25, 0.3) is 0 Å². The molecule has 7 nitrogen and oxygen atoms in total. The molecule has 166 valence electrons. The Morgan fingerprint density at radius 2 is 1.61 bits per heavy atom. The van der Waals surface area contributed by atoms with Crippen LogP contribution < -0.4 is 20.2 Å². The minimum atomic E-state index is -3.29. The van der Waals surface area contributed by atoms with Gasteiger partial charge in [0.15, 0.2) is 9.84 Å². The summed E-state index contributed by atoms with van der Waals surface area (Å²) in [6.07, 6.45) is 5.94. The average molecular weight is 459 g/mol. The molecule has 2 radical (unpaired) electrons. The van der Waals surface area contributed by atoms with Gasteiger partial charge in [-0.15, -0.1) is 0 Å². The van der Waals surface area contributed by atoms with Crippen molar-refractivity contribution in [2.75, 3.05) is 61.2 Å². The first-order valence-corrected chi connectivity index (χ1v) is 13.5. The largest absolute Gasteiger partial charge is 0.372 e. The maximum Gasteiger partial charge on any atom is 0.238 e. The highest BCUT2D eigenvalue weighted by Crippen LogP contribution is 2.35. The highest BCUT2D eigenvalue weighted by Gasteiger charge is 2.30. The topological polar surface area (TPSA) is 69.6 Å². The fourth-order valence-electron chi connectivity index (χ4n) is 4.78. The van der Waals surface area contributed by atoms with E-state index in [0.29, 0.717) is 5.46 Å². The standard InChI is InChI=1S/C21H30BN5O2S2/c1-25(2)20-23-21(30-24-20)27-12-8-16(9-13-27)15-6-10-26(11-7-15)17-4-5-19(18(22)14-17)31(3,28)29/h4-5,14-16H,6-13H2,1-3H3. The second-order valence-electron chi connectivity index (χ2n) is 8.91. The quantitative estimate of drug-likeness (QED) is 0.633. The van der Waals surface area contributed by atoms with Gasteiger partial charge in [0.05, 0.1) is 4.90 Å². The Morgan fingerprint density at radius 3 is 2.10 bits per heavy atom. The molecule has 0 bridgehead atoms. The molecule has 0 aliphatic carbocycles. The minimum Gasteiger partial charge on any atom is -0.372 e. The Kier molecular flexibility index (Phi) is 6.48. The molecular weight excluding hydrogens is 429 g/mol. The van der Waals surface area contributed by atoms with E-state index in [4.69, 9.17) is 7.85 Å². The summed E-state index contributed by atoms with van der Waals surface area (Å²) in [6.45, 7) is 4.09. The Bertz CT molecular complexity index is 1010. The summed E-state index contributed by atoms with van der Waals surface area (Å²) in [5.74, 6) is 2.30. The van der Waals surface area contributed by atoms with Crippen molar-refractivity contribution < 1.29 is 8.42 Å². The molecule has 2 fully saturated rings. The molecule has 0 unspecified atom stereocenters. The summed E-state index contributed by atoms with van der Waals surface area (Å²) in [7, 11) is 6.67. The lowest BCUT2D eigenvalue weighted by Gasteiger charge is -2.40. The summed E-state index contributed by atoms with van der Waals surface area (Å²) < 4.78 is 28.0. The molecule has 0 amide bonds. The molecule has 2 aliphatic heterocycles. The van der Waals surface area contributed by atoms with Crippen LogP contribution in [0.2, 0.25) is 0 Å².